The molecule has 2 aromatic heterocycles. The van der Waals surface area contributed by atoms with Crippen LogP contribution in [0.15, 0.2) is 67.3 Å². The average Bonchev–Trinajstić information content (AvgIpc) is 3.39. The molecule has 9 nitrogen and oxygen atoms in total. The average molecular weight is 527 g/mol. The normalized spacial score (nSPS) is 15.6. The Morgan fingerprint density at radius 2 is 1.87 bits per heavy atom. The van der Waals surface area contributed by atoms with Gasteiger partial charge < -0.3 is 25.1 Å². The number of imidazole rings is 1. The molecule has 1 amide bonds. The zero-order chi connectivity index (χ0) is 27.4. The summed E-state index contributed by atoms with van der Waals surface area (Å²) < 4.78 is 12.7. The number of carbonyl (C=O) groups excluding carboxylic acids is 1. The Balaban J connectivity index is 1.41. The number of anilines is 1. The summed E-state index contributed by atoms with van der Waals surface area (Å²) in [5, 5.41) is 3.06. The highest BCUT2D eigenvalue weighted by atomic mass is 16.5. The summed E-state index contributed by atoms with van der Waals surface area (Å²) in [6.45, 7) is 4.58. The van der Waals surface area contributed by atoms with E-state index in [2.05, 4.69) is 26.3 Å². The molecule has 3 N–H and O–H groups in total. The van der Waals surface area contributed by atoms with Gasteiger partial charge in [0, 0.05) is 42.9 Å². The maximum absolute atomic E-state index is 13.4. The summed E-state index contributed by atoms with van der Waals surface area (Å²) in [6.07, 6.45) is 7.53. The molecule has 0 aliphatic carbocycles. The second-order valence-electron chi connectivity index (χ2n) is 9.90. The first-order chi connectivity index (χ1) is 18.9. The summed E-state index contributed by atoms with van der Waals surface area (Å²) >= 11 is 0. The van der Waals surface area contributed by atoms with Crippen LogP contribution in [0.25, 0.3) is 16.8 Å². The van der Waals surface area contributed by atoms with Crippen LogP contribution in [0.1, 0.15) is 34.6 Å². The van der Waals surface area contributed by atoms with Crippen LogP contribution in [0.4, 0.5) is 5.69 Å². The van der Waals surface area contributed by atoms with Gasteiger partial charge in [0.1, 0.15) is 5.69 Å². The molecule has 3 heterocycles. The van der Waals surface area contributed by atoms with Gasteiger partial charge in [-0.05, 0) is 85.5 Å². The number of hydrogen-bond acceptors (Lipinski definition) is 7. The van der Waals surface area contributed by atoms with Crippen molar-refractivity contribution < 1.29 is 14.3 Å². The number of nitrogens with two attached hydrogens (primary N) is 1. The molecule has 0 unspecified atom stereocenters. The summed E-state index contributed by atoms with van der Waals surface area (Å²) in [6, 6.07) is 15.6. The Bertz CT molecular complexity index is 1470. The smallest absolute Gasteiger partial charge is 0.274 e. The fourth-order valence-electron chi connectivity index (χ4n) is 4.99. The number of ether oxygens (including phenoxy) is 2. The van der Waals surface area contributed by atoms with Crippen molar-refractivity contribution in [3.63, 3.8) is 0 Å². The number of carbonyl (C=O) groups is 1. The largest absolute Gasteiger partial charge is 0.493 e. The van der Waals surface area contributed by atoms with E-state index >= 15 is 0 Å². The minimum Gasteiger partial charge on any atom is -0.493 e. The van der Waals surface area contributed by atoms with E-state index in [9.17, 15) is 4.79 Å². The second-order valence-corrected chi connectivity index (χ2v) is 9.90. The minimum absolute atomic E-state index is 0.196. The molecule has 1 aliphatic heterocycles. The van der Waals surface area contributed by atoms with Gasteiger partial charge in [0.05, 0.1) is 26.2 Å². The van der Waals surface area contributed by atoms with Gasteiger partial charge in [0.25, 0.3) is 5.91 Å². The number of methoxy groups -OCH3 is 2. The van der Waals surface area contributed by atoms with Crippen molar-refractivity contribution in [2.45, 2.75) is 32.4 Å². The van der Waals surface area contributed by atoms with Crippen molar-refractivity contribution in [1.82, 2.24) is 19.4 Å². The number of pyridine rings is 1. The van der Waals surface area contributed by atoms with Crippen molar-refractivity contribution in [2.24, 2.45) is 5.73 Å². The molecule has 9 heteroatoms. The van der Waals surface area contributed by atoms with Crippen molar-refractivity contribution in [2.75, 3.05) is 32.6 Å². The summed E-state index contributed by atoms with van der Waals surface area (Å²) in [5.74, 6) is 0.970. The fraction of sp³-hybridized carbons (Fsp3) is 0.300. The number of aryl methyl sites for hydroxylation is 1. The van der Waals surface area contributed by atoms with E-state index in [1.807, 2.05) is 54.1 Å². The summed E-state index contributed by atoms with van der Waals surface area (Å²) in [5.41, 5.74) is 11.9. The fourth-order valence-corrected chi connectivity index (χ4v) is 4.99. The lowest BCUT2D eigenvalue weighted by molar-refractivity contribution is 0.102. The highest BCUT2D eigenvalue weighted by Gasteiger charge is 2.18. The number of likely N-dealkylation sites (tertiary alicyclic amines) is 1. The van der Waals surface area contributed by atoms with E-state index in [0.717, 1.165) is 60.5 Å². The lowest BCUT2D eigenvalue weighted by atomic mass is 10.0. The molecule has 4 aromatic rings. The number of nitrogens with one attached hydrogen (secondary N) is 1. The third kappa shape index (κ3) is 6.27. The Morgan fingerprint density at radius 3 is 2.62 bits per heavy atom. The van der Waals surface area contributed by atoms with Crippen LogP contribution < -0.4 is 20.5 Å². The maximum atomic E-state index is 13.4. The second kappa shape index (κ2) is 11.7. The summed E-state index contributed by atoms with van der Waals surface area (Å²) in [7, 11) is 3.20. The molecule has 2 aromatic carbocycles. The third-order valence-electron chi connectivity index (χ3n) is 6.90. The predicted octanol–water partition coefficient (Wildman–Crippen LogP) is 4.44. The number of amides is 1. The molecule has 0 bridgehead atoms. The minimum atomic E-state index is -0.290. The monoisotopic (exact) mass is 526 g/mol. The van der Waals surface area contributed by atoms with Crippen molar-refractivity contribution in [3.8, 4) is 28.3 Å². The molecule has 1 fully saturated rings. The van der Waals surface area contributed by atoms with Crippen molar-refractivity contribution in [3.05, 3.63) is 84.2 Å². The molecule has 202 valence electrons. The van der Waals surface area contributed by atoms with E-state index in [1.54, 1.807) is 32.8 Å². The van der Waals surface area contributed by atoms with E-state index in [-0.39, 0.29) is 11.9 Å². The first kappa shape index (κ1) is 26.4. The van der Waals surface area contributed by atoms with E-state index < -0.39 is 0 Å². The number of piperidine rings is 1. The van der Waals surface area contributed by atoms with Gasteiger partial charge in [-0.15, -0.1) is 0 Å². The van der Waals surface area contributed by atoms with Gasteiger partial charge in [-0.3, -0.25) is 14.7 Å². The van der Waals surface area contributed by atoms with Gasteiger partial charge >= 0.3 is 0 Å². The SMILES string of the molecule is COc1ccc(-c2ccnc(C(=O)Nc3cc(CN4CCC[C@H](N)C4)cc(-n4cnc(C)c4)c3)c2)cc1OC. The zero-order valence-corrected chi connectivity index (χ0v) is 22.6. The first-order valence-corrected chi connectivity index (χ1v) is 13.0. The molecule has 5 rings (SSSR count). The lowest BCUT2D eigenvalue weighted by Crippen LogP contribution is -2.42. The molecule has 39 heavy (non-hydrogen) atoms. The maximum Gasteiger partial charge on any atom is 0.274 e. The predicted molar refractivity (Wildman–Crippen MR) is 152 cm³/mol. The molecule has 0 spiro atoms. The lowest BCUT2D eigenvalue weighted by Gasteiger charge is -2.30. The Morgan fingerprint density at radius 1 is 1.05 bits per heavy atom. The van der Waals surface area contributed by atoms with Crippen LogP contribution in [0.2, 0.25) is 0 Å². The molecular formula is C30H34N6O3. The number of hydrogen-bond donors (Lipinski definition) is 2. The quantitative estimate of drug-likeness (QED) is 0.350. The molecule has 1 aliphatic rings. The Kier molecular flexibility index (Phi) is 7.90. The van der Waals surface area contributed by atoms with Crippen LogP contribution >= 0.6 is 0 Å². The van der Waals surface area contributed by atoms with Crippen LogP contribution in [0, 0.1) is 6.92 Å². The first-order valence-electron chi connectivity index (χ1n) is 13.0. The molecule has 0 saturated carbocycles. The number of aromatic nitrogens is 3. The van der Waals surface area contributed by atoms with Crippen molar-refractivity contribution in [1.29, 1.82) is 0 Å². The van der Waals surface area contributed by atoms with Gasteiger partial charge in [0.2, 0.25) is 0 Å². The van der Waals surface area contributed by atoms with Crippen LogP contribution in [-0.2, 0) is 6.54 Å². The molecule has 1 atom stereocenters. The third-order valence-corrected chi connectivity index (χ3v) is 6.90. The van der Waals surface area contributed by atoms with E-state index in [4.69, 9.17) is 15.2 Å². The summed E-state index contributed by atoms with van der Waals surface area (Å²) in [4.78, 5) is 24.4. The zero-order valence-electron chi connectivity index (χ0n) is 22.6. The Hall–Kier alpha value is -4.21. The van der Waals surface area contributed by atoms with Gasteiger partial charge in [-0.2, -0.15) is 0 Å². The van der Waals surface area contributed by atoms with Gasteiger partial charge in [0.15, 0.2) is 11.5 Å². The van der Waals surface area contributed by atoms with Gasteiger partial charge in [-0.25, -0.2) is 4.98 Å². The number of benzene rings is 2. The Labute approximate surface area is 228 Å². The highest BCUT2D eigenvalue weighted by Crippen LogP contribution is 2.32. The standard InChI is InChI=1S/C30H34N6O3/c1-20-16-36(19-33-20)26-12-21(17-35-10-4-5-24(31)18-35)11-25(15-26)34-30(37)27-13-23(8-9-32-27)22-6-7-28(38-2)29(14-22)39-3/h6-9,11-16,19,24H,4-5,10,17-18,31H2,1-3H3,(H,34,37)/t24-/m0/s1. The molecular weight excluding hydrogens is 492 g/mol. The van der Waals surface area contributed by atoms with Crippen molar-refractivity contribution >= 4 is 11.6 Å². The molecule has 1 saturated heterocycles. The van der Waals surface area contributed by atoms with E-state index in [0.29, 0.717) is 22.9 Å². The van der Waals surface area contributed by atoms with Crippen LogP contribution in [0.3, 0.4) is 0 Å². The van der Waals surface area contributed by atoms with Crippen LogP contribution in [-0.4, -0.2) is 58.7 Å². The van der Waals surface area contributed by atoms with Gasteiger partial charge in [-0.1, -0.05) is 6.07 Å². The van der Waals surface area contributed by atoms with Crippen LogP contribution in [0.5, 0.6) is 11.5 Å². The number of nitrogens with zero attached hydrogens (tertiary/aromatic N) is 4. The highest BCUT2D eigenvalue weighted by molar-refractivity contribution is 6.03. The topological polar surface area (TPSA) is 108 Å². The number of rotatable bonds is 8. The molecule has 0 radical (unpaired) electrons. The van der Waals surface area contributed by atoms with E-state index in [1.165, 1.54) is 0 Å².